The monoisotopic (exact) mass is 332 g/mol. The van der Waals surface area contributed by atoms with Gasteiger partial charge in [-0.25, -0.2) is 18.2 Å². The summed E-state index contributed by atoms with van der Waals surface area (Å²) < 4.78 is 40.2. The molecule has 7 heteroatoms. The van der Waals surface area contributed by atoms with Crippen molar-refractivity contribution in [3.63, 3.8) is 0 Å². The lowest BCUT2D eigenvalue weighted by Crippen LogP contribution is -2.47. The summed E-state index contributed by atoms with van der Waals surface area (Å²) in [4.78, 5) is 12.6. The molecular formula is C15H16ClF3N2O. The highest BCUT2D eigenvalue weighted by atomic mass is 35.5. The molecule has 1 aromatic carbocycles. The van der Waals surface area contributed by atoms with Gasteiger partial charge in [-0.1, -0.05) is 19.1 Å². The van der Waals surface area contributed by atoms with Crippen LogP contribution in [0.1, 0.15) is 31.4 Å². The van der Waals surface area contributed by atoms with Gasteiger partial charge in [0.2, 0.25) is 0 Å². The number of carbonyl (C=O) groups is 1. The van der Waals surface area contributed by atoms with Crippen molar-refractivity contribution < 1.29 is 18.0 Å². The number of alkyl halides is 3. The third kappa shape index (κ3) is 2.84. The molecule has 0 fully saturated rings. The fourth-order valence-electron chi connectivity index (χ4n) is 2.44. The SMILES string of the molecule is CCC(CCl)(C(=O)N1N=CCC1c1cccc(F)c1)C(F)F. The summed E-state index contributed by atoms with van der Waals surface area (Å²) in [7, 11) is 0. The predicted molar refractivity (Wildman–Crippen MR) is 78.5 cm³/mol. The Morgan fingerprint density at radius 3 is 2.82 bits per heavy atom. The third-order valence-electron chi connectivity index (χ3n) is 3.98. The predicted octanol–water partition coefficient (Wildman–Crippen LogP) is 3.99. The van der Waals surface area contributed by atoms with E-state index in [1.54, 1.807) is 6.07 Å². The van der Waals surface area contributed by atoms with Gasteiger partial charge in [-0.05, 0) is 24.1 Å². The molecule has 1 aromatic rings. The largest absolute Gasteiger partial charge is 0.272 e. The highest BCUT2D eigenvalue weighted by Crippen LogP contribution is 2.39. The first-order valence-corrected chi connectivity index (χ1v) is 7.45. The summed E-state index contributed by atoms with van der Waals surface area (Å²) in [5.74, 6) is -1.78. The first kappa shape index (κ1) is 16.8. The Labute approximate surface area is 131 Å². The number of halogens is 4. The average Bonchev–Trinajstić information content (AvgIpc) is 2.98. The summed E-state index contributed by atoms with van der Waals surface area (Å²) in [5, 5.41) is 4.92. The number of hydrogen-bond acceptors (Lipinski definition) is 2. The van der Waals surface area contributed by atoms with Crippen molar-refractivity contribution in [2.24, 2.45) is 10.5 Å². The van der Waals surface area contributed by atoms with Crippen molar-refractivity contribution in [1.82, 2.24) is 5.01 Å². The van der Waals surface area contributed by atoms with Crippen molar-refractivity contribution in [1.29, 1.82) is 0 Å². The van der Waals surface area contributed by atoms with Crippen LogP contribution in [0.15, 0.2) is 29.4 Å². The number of hydrazone groups is 1. The van der Waals surface area contributed by atoms with Gasteiger partial charge in [0.15, 0.2) is 0 Å². The van der Waals surface area contributed by atoms with Gasteiger partial charge in [-0.3, -0.25) is 4.79 Å². The molecule has 3 nitrogen and oxygen atoms in total. The maximum Gasteiger partial charge on any atom is 0.256 e. The molecule has 0 aliphatic carbocycles. The van der Waals surface area contributed by atoms with E-state index in [-0.39, 0.29) is 6.42 Å². The van der Waals surface area contributed by atoms with Crippen molar-refractivity contribution in [2.75, 3.05) is 5.88 Å². The summed E-state index contributed by atoms with van der Waals surface area (Å²) in [6, 6.07) is 5.11. The van der Waals surface area contributed by atoms with Gasteiger partial charge in [0, 0.05) is 18.5 Å². The van der Waals surface area contributed by atoms with Crippen LogP contribution in [-0.4, -0.2) is 29.4 Å². The first-order chi connectivity index (χ1) is 10.5. The average molecular weight is 333 g/mol. The van der Waals surface area contributed by atoms with E-state index in [1.807, 2.05) is 0 Å². The molecule has 1 aliphatic rings. The minimum Gasteiger partial charge on any atom is -0.272 e. The molecule has 22 heavy (non-hydrogen) atoms. The normalized spacial score (nSPS) is 20.5. The van der Waals surface area contributed by atoms with Gasteiger partial charge in [0.1, 0.15) is 11.2 Å². The van der Waals surface area contributed by atoms with E-state index < -0.39 is 35.5 Å². The molecule has 2 atom stereocenters. The van der Waals surface area contributed by atoms with Gasteiger partial charge < -0.3 is 0 Å². The van der Waals surface area contributed by atoms with E-state index in [1.165, 1.54) is 31.3 Å². The van der Waals surface area contributed by atoms with Crippen LogP contribution >= 0.6 is 11.6 Å². The molecule has 120 valence electrons. The molecule has 1 aliphatic heterocycles. The maximum atomic E-state index is 13.4. The van der Waals surface area contributed by atoms with E-state index in [0.717, 1.165) is 5.01 Å². The number of hydrogen-bond donors (Lipinski definition) is 0. The molecule has 2 unspecified atom stereocenters. The molecule has 0 saturated carbocycles. The van der Waals surface area contributed by atoms with Gasteiger partial charge in [0.25, 0.3) is 12.3 Å². The second kappa shape index (κ2) is 6.69. The number of nitrogens with zero attached hydrogens (tertiary/aromatic N) is 2. The number of carbonyl (C=O) groups excluding carboxylic acids is 1. The number of rotatable bonds is 5. The molecule has 0 N–H and O–H groups in total. The van der Waals surface area contributed by atoms with Gasteiger partial charge in [-0.2, -0.15) is 5.10 Å². The van der Waals surface area contributed by atoms with Crippen LogP contribution in [0.3, 0.4) is 0 Å². The highest BCUT2D eigenvalue weighted by Gasteiger charge is 2.49. The summed E-state index contributed by atoms with van der Waals surface area (Å²) >= 11 is 5.67. The summed E-state index contributed by atoms with van der Waals surface area (Å²) in [6.45, 7) is 1.49. The standard InChI is InChI=1S/C15H16ClF3N2O/c1-2-15(9-16,13(18)19)14(22)21-12(6-7-20-21)10-4-3-5-11(17)8-10/h3-5,7-8,12-13H,2,6,9H2,1H3. The highest BCUT2D eigenvalue weighted by molar-refractivity contribution is 6.20. The van der Waals surface area contributed by atoms with Gasteiger partial charge in [0.05, 0.1) is 6.04 Å². The van der Waals surface area contributed by atoms with Crippen molar-refractivity contribution >= 4 is 23.7 Å². The molecular weight excluding hydrogens is 317 g/mol. The molecule has 0 bridgehead atoms. The molecule has 0 saturated heterocycles. The lowest BCUT2D eigenvalue weighted by atomic mass is 9.85. The smallest absolute Gasteiger partial charge is 0.256 e. The molecule has 2 rings (SSSR count). The number of benzene rings is 1. The molecule has 0 spiro atoms. The minimum absolute atomic E-state index is 0.102. The maximum absolute atomic E-state index is 13.4. The fraction of sp³-hybridized carbons (Fsp3) is 0.467. The first-order valence-electron chi connectivity index (χ1n) is 6.92. The van der Waals surface area contributed by atoms with E-state index in [0.29, 0.717) is 12.0 Å². The molecule has 0 radical (unpaired) electrons. The van der Waals surface area contributed by atoms with Crippen LogP contribution in [-0.2, 0) is 4.79 Å². The Balaban J connectivity index is 2.33. The molecule has 1 amide bonds. The van der Waals surface area contributed by atoms with E-state index >= 15 is 0 Å². The molecule has 0 aromatic heterocycles. The van der Waals surface area contributed by atoms with Crippen molar-refractivity contribution in [3.8, 4) is 0 Å². The zero-order valence-corrected chi connectivity index (χ0v) is 12.7. The van der Waals surface area contributed by atoms with Crippen LogP contribution in [0.2, 0.25) is 0 Å². The summed E-state index contributed by atoms with van der Waals surface area (Å²) in [5.41, 5.74) is -1.46. The minimum atomic E-state index is -2.90. The van der Waals surface area contributed by atoms with Crippen molar-refractivity contribution in [3.05, 3.63) is 35.6 Å². The van der Waals surface area contributed by atoms with Crippen LogP contribution in [0.4, 0.5) is 13.2 Å². The zero-order valence-electron chi connectivity index (χ0n) is 12.0. The number of amides is 1. The van der Waals surface area contributed by atoms with Crippen LogP contribution in [0, 0.1) is 11.2 Å². The van der Waals surface area contributed by atoms with Gasteiger partial charge >= 0.3 is 0 Å². The van der Waals surface area contributed by atoms with E-state index in [4.69, 9.17) is 11.6 Å². The Morgan fingerprint density at radius 1 is 1.55 bits per heavy atom. The quantitative estimate of drug-likeness (QED) is 0.750. The Hall–Kier alpha value is -1.56. The summed E-state index contributed by atoms with van der Waals surface area (Å²) in [6.07, 6.45) is -1.19. The lowest BCUT2D eigenvalue weighted by Gasteiger charge is -2.33. The van der Waals surface area contributed by atoms with E-state index in [2.05, 4.69) is 5.10 Å². The Bertz CT molecular complexity index is 576. The lowest BCUT2D eigenvalue weighted by molar-refractivity contribution is -0.152. The third-order valence-corrected chi connectivity index (χ3v) is 4.46. The Kier molecular flexibility index (Phi) is 5.11. The van der Waals surface area contributed by atoms with Crippen LogP contribution < -0.4 is 0 Å². The zero-order chi connectivity index (χ0) is 16.3. The molecule has 1 heterocycles. The van der Waals surface area contributed by atoms with Crippen molar-refractivity contribution in [2.45, 2.75) is 32.2 Å². The topological polar surface area (TPSA) is 32.7 Å². The second-order valence-electron chi connectivity index (χ2n) is 5.20. The second-order valence-corrected chi connectivity index (χ2v) is 5.47. The fourth-order valence-corrected chi connectivity index (χ4v) is 2.86. The van der Waals surface area contributed by atoms with Crippen LogP contribution in [0.25, 0.3) is 0 Å². The Morgan fingerprint density at radius 2 is 2.27 bits per heavy atom. The van der Waals surface area contributed by atoms with Gasteiger partial charge in [-0.15, -0.1) is 11.6 Å². The van der Waals surface area contributed by atoms with E-state index in [9.17, 15) is 18.0 Å². The van der Waals surface area contributed by atoms with Crippen LogP contribution in [0.5, 0.6) is 0 Å².